The molecule has 3 nitrogen and oxygen atoms in total. The van der Waals surface area contributed by atoms with Crippen LogP contribution in [-0.2, 0) is 0 Å². The molecule has 0 atom stereocenters. The molecule has 7 aromatic rings. The van der Waals surface area contributed by atoms with E-state index in [4.69, 9.17) is 0 Å². The topological polar surface area (TPSA) is 9.72 Å². The van der Waals surface area contributed by atoms with Gasteiger partial charge in [-0.05, 0) is 0 Å². The van der Waals surface area contributed by atoms with Crippen LogP contribution in [-0.4, -0.2) is 13.3 Å². The summed E-state index contributed by atoms with van der Waals surface area (Å²) in [6, 6.07) is 53.6. The third-order valence-corrected chi connectivity index (χ3v) is 22.0. The van der Waals surface area contributed by atoms with Crippen molar-refractivity contribution in [1.29, 1.82) is 0 Å². The summed E-state index contributed by atoms with van der Waals surface area (Å²) in [6.45, 7) is 13.5. The van der Waals surface area contributed by atoms with Crippen molar-refractivity contribution in [2.24, 2.45) is 0 Å². The molecule has 0 N–H and O–H groups in total. The van der Waals surface area contributed by atoms with Gasteiger partial charge < -0.3 is 0 Å². The Bertz CT molecular complexity index is 2440. The van der Waals surface area contributed by atoms with E-state index in [1.807, 2.05) is 0 Å². The molecule has 52 heavy (non-hydrogen) atoms. The molecule has 7 aromatic carbocycles. The minimum absolute atomic E-state index is 1.19. The molecule has 0 spiro atoms. The van der Waals surface area contributed by atoms with Crippen molar-refractivity contribution in [3.8, 4) is 0 Å². The maximum atomic E-state index is 2.62. The molecule has 0 saturated heterocycles. The number of anilines is 9. The molecule has 3 aliphatic rings. The van der Waals surface area contributed by atoms with Crippen molar-refractivity contribution in [3.63, 3.8) is 0 Å². The molecular weight excluding hydrogens is 691 g/mol. The van der Waals surface area contributed by atoms with Crippen LogP contribution in [0.4, 0.5) is 51.2 Å². The first-order valence-electron chi connectivity index (χ1n) is 18.4. The summed E-state index contributed by atoms with van der Waals surface area (Å²) in [5.41, 5.74) is 19.2. The summed E-state index contributed by atoms with van der Waals surface area (Å²) in [6.07, 6.45) is 0. The third-order valence-electron chi connectivity index (χ3n) is 11.6. The number of benzene rings is 7. The van der Waals surface area contributed by atoms with E-state index >= 15 is 0 Å². The van der Waals surface area contributed by atoms with Crippen molar-refractivity contribution in [2.75, 3.05) is 14.7 Å². The van der Waals surface area contributed by atoms with Crippen molar-refractivity contribution < 1.29 is 0 Å². The number of nitrogens with zero attached hydrogens (tertiary/aromatic N) is 3. The van der Waals surface area contributed by atoms with Gasteiger partial charge in [-0.3, -0.25) is 0 Å². The number of hydrogen-bond acceptors (Lipinski definition) is 3. The van der Waals surface area contributed by atoms with E-state index in [2.05, 4.69) is 196 Å². The maximum absolute atomic E-state index is 3.84. The first-order chi connectivity index (χ1) is 25.3. The first kappa shape index (κ1) is 31.2. The Labute approximate surface area is 309 Å². The van der Waals surface area contributed by atoms with Crippen LogP contribution in [0, 0.1) is 41.5 Å². The second kappa shape index (κ2) is 11.2. The van der Waals surface area contributed by atoms with Crippen LogP contribution < -0.4 is 32.3 Å². The zero-order valence-electron chi connectivity index (χ0n) is 30.6. The third kappa shape index (κ3) is 4.14. The van der Waals surface area contributed by atoms with Gasteiger partial charge in [0.2, 0.25) is 0 Å². The van der Waals surface area contributed by atoms with E-state index in [0.717, 1.165) is 0 Å². The second-order valence-electron chi connectivity index (χ2n) is 15.1. The van der Waals surface area contributed by atoms with Crippen LogP contribution in [0.5, 0.6) is 0 Å². The monoisotopic (exact) mass is 733 g/mol. The fourth-order valence-electron chi connectivity index (χ4n) is 9.31. The van der Waals surface area contributed by atoms with Crippen LogP contribution in [0.15, 0.2) is 140 Å². The van der Waals surface area contributed by atoms with Gasteiger partial charge >= 0.3 is 311 Å². The van der Waals surface area contributed by atoms with Gasteiger partial charge in [0.05, 0.1) is 0 Å². The van der Waals surface area contributed by atoms with Gasteiger partial charge in [-0.15, -0.1) is 0 Å². The van der Waals surface area contributed by atoms with Crippen molar-refractivity contribution >= 4 is 82.0 Å². The molecular formula is C48H41GeN3. The average molecular weight is 732 g/mol. The van der Waals surface area contributed by atoms with Crippen molar-refractivity contribution in [2.45, 2.75) is 41.5 Å². The van der Waals surface area contributed by atoms with Gasteiger partial charge in [-0.1, -0.05) is 0 Å². The van der Waals surface area contributed by atoms with E-state index in [-0.39, 0.29) is 0 Å². The average Bonchev–Trinajstić information content (AvgIpc) is 3.15. The Morgan fingerprint density at radius 2 is 0.750 bits per heavy atom. The molecule has 4 heteroatoms. The Kier molecular flexibility index (Phi) is 6.75. The zero-order chi connectivity index (χ0) is 35.5. The van der Waals surface area contributed by atoms with E-state index in [1.165, 1.54) is 102 Å². The normalized spacial score (nSPS) is 14.4. The van der Waals surface area contributed by atoms with Gasteiger partial charge in [0.25, 0.3) is 0 Å². The number of hydrogen-bond donors (Lipinski definition) is 0. The Morgan fingerprint density at radius 1 is 0.346 bits per heavy atom. The van der Waals surface area contributed by atoms with Crippen LogP contribution in [0.3, 0.4) is 0 Å². The summed E-state index contributed by atoms with van der Waals surface area (Å²) in [5.74, 6) is 0. The van der Waals surface area contributed by atoms with Crippen LogP contribution in [0.2, 0.25) is 0 Å². The molecule has 0 aromatic heterocycles. The number of aryl methyl sites for hydroxylation is 6. The fourth-order valence-corrected chi connectivity index (χ4v) is 21.8. The van der Waals surface area contributed by atoms with Crippen molar-refractivity contribution in [3.05, 3.63) is 173 Å². The molecule has 0 amide bonds. The summed E-state index contributed by atoms with van der Waals surface area (Å²) >= 11 is -3.84. The molecule has 0 radical (unpaired) electrons. The molecule has 10 rings (SSSR count). The number of rotatable bonds is 4. The predicted molar refractivity (Wildman–Crippen MR) is 223 cm³/mol. The van der Waals surface area contributed by atoms with Gasteiger partial charge in [0, 0.05) is 0 Å². The predicted octanol–water partition coefficient (Wildman–Crippen LogP) is 10.3. The zero-order valence-corrected chi connectivity index (χ0v) is 32.7. The summed E-state index contributed by atoms with van der Waals surface area (Å²) < 4.78 is 6.03. The molecule has 0 aliphatic carbocycles. The standard InChI is InChI=1S/C48H41GeN3/c1-30-12-20-37(21-13-30)50-40-26-18-34(5)47-45(40)49(36-10-8-7-9-11-36)44-42(50)28-33(4)29-43(44)51(38-22-14-31(2)15-23-38)41-27-19-35(6)48(46(41)49)52(47)39-24-16-32(3)17-25-39/h7-29H,1-6H3. The van der Waals surface area contributed by atoms with E-state index in [0.29, 0.717) is 0 Å². The SMILES string of the molecule is Cc1ccc(N2c3cc(C)cc4[c]3[Ge]3([c]5ccccc5)[c]5c2ccc(C)c5N(c2ccc(C)cc2)c2c(C)ccc([c]23)N4c2ccc(C)cc2)cc1. The van der Waals surface area contributed by atoms with E-state index in [9.17, 15) is 0 Å². The Balaban J connectivity index is 1.47. The van der Waals surface area contributed by atoms with Crippen LogP contribution in [0.1, 0.15) is 33.4 Å². The molecule has 0 saturated carbocycles. The molecule has 3 aliphatic heterocycles. The van der Waals surface area contributed by atoms with Gasteiger partial charge in [-0.25, -0.2) is 0 Å². The van der Waals surface area contributed by atoms with Crippen LogP contribution in [0.25, 0.3) is 0 Å². The molecule has 0 unspecified atom stereocenters. The molecule has 252 valence electrons. The molecule has 0 bridgehead atoms. The van der Waals surface area contributed by atoms with Gasteiger partial charge in [-0.2, -0.15) is 0 Å². The Hall–Kier alpha value is -5.52. The summed E-state index contributed by atoms with van der Waals surface area (Å²) in [5, 5.41) is 0. The van der Waals surface area contributed by atoms with Gasteiger partial charge in [0.1, 0.15) is 0 Å². The Morgan fingerprint density at radius 3 is 1.17 bits per heavy atom. The minimum atomic E-state index is -3.84. The second-order valence-corrected chi connectivity index (χ2v) is 22.6. The molecule has 3 heterocycles. The quantitative estimate of drug-likeness (QED) is 0.167. The van der Waals surface area contributed by atoms with E-state index < -0.39 is 13.3 Å². The first-order valence-corrected chi connectivity index (χ1v) is 22.6. The summed E-state index contributed by atoms with van der Waals surface area (Å²) in [7, 11) is 0. The van der Waals surface area contributed by atoms with Crippen LogP contribution >= 0.6 is 0 Å². The summed E-state index contributed by atoms with van der Waals surface area (Å²) in [4.78, 5) is 7.80. The van der Waals surface area contributed by atoms with E-state index in [1.54, 1.807) is 0 Å². The van der Waals surface area contributed by atoms with Crippen molar-refractivity contribution in [1.82, 2.24) is 0 Å². The van der Waals surface area contributed by atoms with Gasteiger partial charge in [0.15, 0.2) is 0 Å². The fraction of sp³-hybridized carbons (Fsp3) is 0.125. The molecule has 0 fully saturated rings.